The van der Waals surface area contributed by atoms with Crippen LogP contribution in [-0.4, -0.2) is 96.7 Å². The fourth-order valence-corrected chi connectivity index (χ4v) is 12.3. The first kappa shape index (κ1) is 94.5. The average molecular weight is 1430 g/mol. The van der Waals surface area contributed by atoms with E-state index in [0.29, 0.717) is 25.7 Å². The monoisotopic (exact) mass is 1420 g/mol. The van der Waals surface area contributed by atoms with Crippen molar-refractivity contribution in [3.63, 3.8) is 0 Å². The van der Waals surface area contributed by atoms with E-state index in [1.807, 2.05) is 0 Å². The number of aliphatic hydroxyl groups is 1. The Balaban J connectivity index is 5.29. The Bertz CT molecular complexity index is 2140. The number of hydrogen-bond acceptors (Lipinski definition) is 15. The predicted octanol–water partition coefficient (Wildman–Crippen LogP) is 22.4. The van der Waals surface area contributed by atoms with E-state index in [1.54, 1.807) is 0 Å². The standard InChI is InChI=1S/C79H142O17P2/c1-5-9-13-17-21-25-29-32-34-35-36-37-39-42-45-48-52-56-60-64-77(82)90-70-75(96-79(84)66-62-58-54-50-46-40-31-27-23-19-15-11-7-3)72-94-98(87,88)92-68-73(80)67-91-97(85,86)93-71-74(95-78(83)65-61-57-53-49-43-28-24-20-16-12-8-4)69-89-76(81)63-59-55-51-47-44-41-38-33-30-26-22-18-14-10-6-2/h10,14,21-22,25-26,32-34,36-38,73-75,80H,5-9,11-13,15-20,23-24,27-31,35,39-72H2,1-4H3,(H,85,86)(H,87,88)/b14-10-,25-21-,26-22-,34-32-,37-36-,38-33-. The van der Waals surface area contributed by atoms with Crippen LogP contribution in [0.3, 0.4) is 0 Å². The van der Waals surface area contributed by atoms with Crippen molar-refractivity contribution < 1.29 is 80.2 Å². The minimum Gasteiger partial charge on any atom is -0.462 e. The maximum atomic E-state index is 13.1. The second-order valence-corrected chi connectivity index (χ2v) is 29.2. The van der Waals surface area contributed by atoms with E-state index in [4.69, 9.17) is 37.0 Å². The lowest BCUT2D eigenvalue weighted by atomic mass is 10.0. The van der Waals surface area contributed by atoms with E-state index < -0.39 is 97.5 Å². The summed E-state index contributed by atoms with van der Waals surface area (Å²) in [5, 5.41) is 10.6. The lowest BCUT2D eigenvalue weighted by molar-refractivity contribution is -0.161. The number of phosphoric ester groups is 2. The van der Waals surface area contributed by atoms with Gasteiger partial charge in [0.1, 0.15) is 19.3 Å². The number of phosphoric acid groups is 2. The van der Waals surface area contributed by atoms with Gasteiger partial charge in [0, 0.05) is 25.7 Å². The second kappa shape index (κ2) is 71.9. The Morgan fingerprint density at radius 1 is 0.296 bits per heavy atom. The van der Waals surface area contributed by atoms with Gasteiger partial charge in [-0.2, -0.15) is 0 Å². The van der Waals surface area contributed by atoms with Crippen molar-refractivity contribution in [3.8, 4) is 0 Å². The molecule has 0 aliphatic carbocycles. The summed E-state index contributed by atoms with van der Waals surface area (Å²) >= 11 is 0. The fraction of sp³-hybridized carbons (Fsp3) is 0.797. The summed E-state index contributed by atoms with van der Waals surface area (Å²) in [6.45, 7) is 4.75. The van der Waals surface area contributed by atoms with Gasteiger partial charge in [-0.25, -0.2) is 9.13 Å². The molecule has 0 aromatic heterocycles. The molecule has 0 saturated carbocycles. The quantitative estimate of drug-likeness (QED) is 0.0169. The third-order valence-corrected chi connectivity index (χ3v) is 18.6. The molecular formula is C79H142O17P2. The minimum absolute atomic E-state index is 0.0958. The van der Waals surface area contributed by atoms with Crippen molar-refractivity contribution in [2.45, 2.75) is 367 Å². The van der Waals surface area contributed by atoms with Crippen LogP contribution in [0.2, 0.25) is 0 Å². The van der Waals surface area contributed by atoms with Gasteiger partial charge in [0.15, 0.2) is 12.2 Å². The highest BCUT2D eigenvalue weighted by Gasteiger charge is 2.30. The van der Waals surface area contributed by atoms with Gasteiger partial charge < -0.3 is 33.8 Å². The molecule has 0 radical (unpaired) electrons. The first-order chi connectivity index (χ1) is 47.7. The summed E-state index contributed by atoms with van der Waals surface area (Å²) in [6.07, 6.45) is 71.7. The highest BCUT2D eigenvalue weighted by molar-refractivity contribution is 7.47. The molecule has 0 saturated heterocycles. The maximum absolute atomic E-state index is 13.1. The average Bonchev–Trinajstić information content (AvgIpc) is 1.94. The van der Waals surface area contributed by atoms with Crippen LogP contribution in [-0.2, 0) is 65.4 Å². The first-order valence-corrected chi connectivity index (χ1v) is 42.2. The minimum atomic E-state index is -4.97. The van der Waals surface area contributed by atoms with E-state index >= 15 is 0 Å². The zero-order chi connectivity index (χ0) is 71.8. The summed E-state index contributed by atoms with van der Waals surface area (Å²) < 4.78 is 68.5. The van der Waals surface area contributed by atoms with Crippen LogP contribution in [0.5, 0.6) is 0 Å². The van der Waals surface area contributed by atoms with E-state index in [2.05, 4.69) is 101 Å². The topological polar surface area (TPSA) is 237 Å². The van der Waals surface area contributed by atoms with E-state index in [-0.39, 0.29) is 25.7 Å². The molecule has 19 heteroatoms. The molecule has 5 atom stereocenters. The number of carbonyl (C=O) groups is 4. The highest BCUT2D eigenvalue weighted by atomic mass is 31.2. The Morgan fingerprint density at radius 3 is 0.837 bits per heavy atom. The van der Waals surface area contributed by atoms with Crippen LogP contribution >= 0.6 is 15.6 Å². The Morgan fingerprint density at radius 2 is 0.531 bits per heavy atom. The largest absolute Gasteiger partial charge is 0.472 e. The smallest absolute Gasteiger partial charge is 0.462 e. The van der Waals surface area contributed by atoms with Crippen molar-refractivity contribution in [1.29, 1.82) is 0 Å². The first-order valence-electron chi connectivity index (χ1n) is 39.2. The summed E-state index contributed by atoms with van der Waals surface area (Å²) in [5.41, 5.74) is 0. The lowest BCUT2D eigenvalue weighted by Crippen LogP contribution is -2.30. The number of hydrogen-bond donors (Lipinski definition) is 3. The molecule has 17 nitrogen and oxygen atoms in total. The molecule has 5 unspecified atom stereocenters. The Kier molecular flexibility index (Phi) is 69.3. The zero-order valence-electron chi connectivity index (χ0n) is 62.2. The van der Waals surface area contributed by atoms with Gasteiger partial charge in [-0.15, -0.1) is 0 Å². The molecule has 0 fully saturated rings. The van der Waals surface area contributed by atoms with Crippen LogP contribution in [0.1, 0.15) is 349 Å². The van der Waals surface area contributed by atoms with Crippen LogP contribution in [0.4, 0.5) is 0 Å². The van der Waals surface area contributed by atoms with E-state index in [0.717, 1.165) is 161 Å². The van der Waals surface area contributed by atoms with Crippen molar-refractivity contribution in [2.24, 2.45) is 0 Å². The Hall–Kier alpha value is -3.50. The molecule has 0 aliphatic rings. The van der Waals surface area contributed by atoms with Crippen molar-refractivity contribution >= 4 is 39.5 Å². The molecule has 0 heterocycles. The SMILES string of the molecule is CC/C=C\C/C=C\C/C=C\CCCCCCCC(=O)OCC(COP(=O)(O)OCC(O)COP(=O)(O)OCC(COC(=O)CCCCCCCC/C=C\C/C=C\C/C=C\CCCCC)OC(=O)CCCCCCCCCCCCCCC)OC(=O)CCCCCCCCCCCCC. The number of aliphatic hydroxyl groups excluding tert-OH is 1. The predicted molar refractivity (Wildman–Crippen MR) is 400 cm³/mol. The van der Waals surface area contributed by atoms with Gasteiger partial charge in [0.2, 0.25) is 0 Å². The van der Waals surface area contributed by atoms with Crippen molar-refractivity contribution in [2.75, 3.05) is 39.6 Å². The van der Waals surface area contributed by atoms with Crippen molar-refractivity contribution in [1.82, 2.24) is 0 Å². The molecule has 570 valence electrons. The van der Waals surface area contributed by atoms with E-state index in [1.165, 1.54) is 109 Å². The molecule has 3 N–H and O–H groups in total. The molecule has 0 aromatic carbocycles. The molecule has 98 heavy (non-hydrogen) atoms. The van der Waals surface area contributed by atoms with Crippen LogP contribution in [0.25, 0.3) is 0 Å². The second-order valence-electron chi connectivity index (χ2n) is 26.3. The van der Waals surface area contributed by atoms with Crippen LogP contribution in [0.15, 0.2) is 72.9 Å². The van der Waals surface area contributed by atoms with Gasteiger partial charge in [0.25, 0.3) is 0 Å². The summed E-state index contributed by atoms with van der Waals surface area (Å²) in [6, 6.07) is 0. The normalized spacial score (nSPS) is 14.3. The zero-order valence-corrected chi connectivity index (χ0v) is 64.0. The molecule has 0 amide bonds. The third kappa shape index (κ3) is 70.9. The fourth-order valence-electron chi connectivity index (χ4n) is 10.7. The summed E-state index contributed by atoms with van der Waals surface area (Å²) in [5.74, 6) is -2.18. The molecular weight excluding hydrogens is 1280 g/mol. The third-order valence-electron chi connectivity index (χ3n) is 16.7. The van der Waals surface area contributed by atoms with Crippen LogP contribution < -0.4 is 0 Å². The maximum Gasteiger partial charge on any atom is 0.472 e. The number of unbranched alkanes of at least 4 members (excludes halogenated alkanes) is 36. The number of allylic oxidation sites excluding steroid dienone is 12. The van der Waals surface area contributed by atoms with Gasteiger partial charge >= 0.3 is 39.5 Å². The van der Waals surface area contributed by atoms with Gasteiger partial charge in [0.05, 0.1) is 26.4 Å². The highest BCUT2D eigenvalue weighted by Crippen LogP contribution is 2.45. The van der Waals surface area contributed by atoms with Gasteiger partial charge in [-0.1, -0.05) is 300 Å². The lowest BCUT2D eigenvalue weighted by Gasteiger charge is -2.21. The molecule has 0 aliphatic heterocycles. The summed E-state index contributed by atoms with van der Waals surface area (Å²) in [7, 11) is -9.94. The molecule has 0 rings (SSSR count). The van der Waals surface area contributed by atoms with Gasteiger partial charge in [-0.3, -0.25) is 37.3 Å². The Labute approximate surface area is 596 Å². The summed E-state index contributed by atoms with van der Waals surface area (Å²) in [4.78, 5) is 72.8. The van der Waals surface area contributed by atoms with Crippen molar-refractivity contribution in [3.05, 3.63) is 72.9 Å². The number of rotatable bonds is 74. The van der Waals surface area contributed by atoms with E-state index in [9.17, 15) is 43.2 Å². The van der Waals surface area contributed by atoms with Crippen LogP contribution in [0, 0.1) is 0 Å². The van der Waals surface area contributed by atoms with Gasteiger partial charge in [-0.05, 0) is 96.3 Å². The molecule has 0 aromatic rings. The number of esters is 4. The molecule has 0 bridgehead atoms. The number of carbonyl (C=O) groups excluding carboxylic acids is 4. The molecule has 0 spiro atoms. The number of ether oxygens (including phenoxy) is 4.